The molecule has 0 radical (unpaired) electrons. The van der Waals surface area contributed by atoms with Crippen molar-refractivity contribution in [3.63, 3.8) is 0 Å². The number of aromatic nitrogens is 3. The summed E-state index contributed by atoms with van der Waals surface area (Å²) in [5.74, 6) is -0.534. The standard InChI is InChI=1S/C19H17F3N4O3/c1-11-6-24-16-13(4-5-26(16)8-11)17(28)25-18(10-29-9-15(18)27)12-2-3-14(23-7-12)19(20,21)22/h2-8,15,27H,9-10H2,1H3,(H,25,28). The van der Waals surface area contributed by atoms with Crippen LogP contribution in [0.3, 0.4) is 0 Å². The molecule has 4 rings (SSSR count). The maximum absolute atomic E-state index is 13.0. The molecule has 3 aromatic heterocycles. The molecule has 0 aromatic carbocycles. The fourth-order valence-electron chi connectivity index (χ4n) is 3.40. The van der Waals surface area contributed by atoms with Gasteiger partial charge in [0.05, 0.1) is 18.8 Å². The minimum absolute atomic E-state index is 0.0742. The second kappa shape index (κ2) is 6.82. The van der Waals surface area contributed by atoms with Crippen LogP contribution >= 0.6 is 0 Å². The van der Waals surface area contributed by atoms with Crippen molar-refractivity contribution in [3.05, 3.63) is 65.4 Å². The maximum atomic E-state index is 13.0. The van der Waals surface area contributed by atoms with Gasteiger partial charge in [-0.05, 0) is 24.6 Å². The molecule has 1 aliphatic heterocycles. The zero-order chi connectivity index (χ0) is 20.8. The number of nitrogens with one attached hydrogen (secondary N) is 1. The van der Waals surface area contributed by atoms with Gasteiger partial charge in [-0.25, -0.2) is 4.98 Å². The van der Waals surface area contributed by atoms with Gasteiger partial charge in [-0.3, -0.25) is 9.78 Å². The summed E-state index contributed by atoms with van der Waals surface area (Å²) in [6, 6.07) is 3.58. The Hall–Kier alpha value is -2.98. The van der Waals surface area contributed by atoms with Crippen molar-refractivity contribution in [2.75, 3.05) is 13.2 Å². The van der Waals surface area contributed by atoms with Crippen LogP contribution in [0.5, 0.6) is 0 Å². The minimum atomic E-state index is -4.59. The average molecular weight is 406 g/mol. The topological polar surface area (TPSA) is 88.8 Å². The molecule has 0 bridgehead atoms. The lowest BCUT2D eigenvalue weighted by Gasteiger charge is -2.32. The summed E-state index contributed by atoms with van der Waals surface area (Å²) < 4.78 is 45.5. The van der Waals surface area contributed by atoms with Crippen molar-refractivity contribution in [1.29, 1.82) is 0 Å². The van der Waals surface area contributed by atoms with Gasteiger partial charge in [-0.1, -0.05) is 6.07 Å². The van der Waals surface area contributed by atoms with E-state index >= 15 is 0 Å². The Labute approximate surface area is 163 Å². The SMILES string of the molecule is Cc1cnc2c(C(=O)NC3(c4ccc(C(F)(F)F)nc4)COCC3O)ccn2c1. The van der Waals surface area contributed by atoms with Crippen LogP contribution in [0.15, 0.2) is 43.0 Å². The van der Waals surface area contributed by atoms with Gasteiger partial charge in [0.15, 0.2) is 0 Å². The summed E-state index contributed by atoms with van der Waals surface area (Å²) >= 11 is 0. The van der Waals surface area contributed by atoms with Crippen LogP contribution in [-0.4, -0.2) is 44.7 Å². The van der Waals surface area contributed by atoms with Crippen LogP contribution in [0.1, 0.15) is 27.2 Å². The molecule has 7 nitrogen and oxygen atoms in total. The first-order valence-electron chi connectivity index (χ1n) is 8.76. The number of ether oxygens (including phenoxy) is 1. The van der Waals surface area contributed by atoms with Crippen LogP contribution in [0, 0.1) is 6.92 Å². The number of carbonyl (C=O) groups excluding carboxylic acids is 1. The third-order valence-electron chi connectivity index (χ3n) is 4.95. The van der Waals surface area contributed by atoms with E-state index < -0.39 is 29.4 Å². The Morgan fingerprint density at radius 1 is 1.31 bits per heavy atom. The Morgan fingerprint density at radius 3 is 2.72 bits per heavy atom. The molecule has 0 spiro atoms. The van der Waals surface area contributed by atoms with Crippen molar-refractivity contribution < 1.29 is 27.8 Å². The maximum Gasteiger partial charge on any atom is 0.433 e. The van der Waals surface area contributed by atoms with Gasteiger partial charge in [0.2, 0.25) is 0 Å². The zero-order valence-electron chi connectivity index (χ0n) is 15.3. The molecule has 2 unspecified atom stereocenters. The fourth-order valence-corrected chi connectivity index (χ4v) is 3.40. The summed E-state index contributed by atoms with van der Waals surface area (Å²) in [7, 11) is 0. The van der Waals surface area contributed by atoms with E-state index in [0.717, 1.165) is 17.8 Å². The first kappa shape index (κ1) is 19.3. The van der Waals surface area contributed by atoms with Gasteiger partial charge in [0.25, 0.3) is 5.91 Å². The summed E-state index contributed by atoms with van der Waals surface area (Å²) in [5.41, 5.74) is -0.671. The Bertz CT molecular complexity index is 1060. The third-order valence-corrected chi connectivity index (χ3v) is 4.95. The third kappa shape index (κ3) is 3.34. The molecule has 4 heterocycles. The molecule has 1 amide bonds. The smallest absolute Gasteiger partial charge is 0.388 e. The number of nitrogens with zero attached hydrogens (tertiary/aromatic N) is 3. The number of alkyl halides is 3. The average Bonchev–Trinajstić information content (AvgIpc) is 3.25. The van der Waals surface area contributed by atoms with Crippen molar-refractivity contribution >= 4 is 11.6 Å². The number of carbonyl (C=O) groups is 1. The normalized spacial score (nSPS) is 22.2. The molecule has 1 fully saturated rings. The molecule has 0 saturated carbocycles. The van der Waals surface area contributed by atoms with E-state index in [4.69, 9.17) is 4.74 Å². The monoisotopic (exact) mass is 406 g/mol. The Balaban J connectivity index is 1.69. The molecule has 29 heavy (non-hydrogen) atoms. The van der Waals surface area contributed by atoms with E-state index in [9.17, 15) is 23.1 Å². The van der Waals surface area contributed by atoms with Crippen LogP contribution in [0.25, 0.3) is 5.65 Å². The first-order chi connectivity index (χ1) is 13.7. The molecular formula is C19H17F3N4O3. The Kier molecular flexibility index (Phi) is 4.55. The van der Waals surface area contributed by atoms with Gasteiger partial charge in [-0.15, -0.1) is 0 Å². The largest absolute Gasteiger partial charge is 0.433 e. The van der Waals surface area contributed by atoms with E-state index in [1.807, 2.05) is 13.1 Å². The number of fused-ring (bicyclic) bond motifs is 1. The summed E-state index contributed by atoms with van der Waals surface area (Å²) in [6.45, 7) is 1.69. The molecule has 10 heteroatoms. The number of aryl methyl sites for hydroxylation is 1. The second-order valence-electron chi connectivity index (χ2n) is 6.98. The highest BCUT2D eigenvalue weighted by molar-refractivity contribution is 6.00. The highest BCUT2D eigenvalue weighted by atomic mass is 19.4. The number of rotatable bonds is 3. The van der Waals surface area contributed by atoms with Gasteiger partial charge in [-0.2, -0.15) is 13.2 Å². The van der Waals surface area contributed by atoms with Crippen LogP contribution in [-0.2, 0) is 16.5 Å². The number of hydrogen-bond acceptors (Lipinski definition) is 5. The van der Waals surface area contributed by atoms with Crippen molar-refractivity contribution in [2.24, 2.45) is 0 Å². The van der Waals surface area contributed by atoms with E-state index in [0.29, 0.717) is 5.65 Å². The molecule has 152 valence electrons. The number of pyridine rings is 1. The van der Waals surface area contributed by atoms with Gasteiger partial charge >= 0.3 is 6.18 Å². The highest BCUT2D eigenvalue weighted by Crippen LogP contribution is 2.33. The number of hydrogen-bond donors (Lipinski definition) is 2. The lowest BCUT2D eigenvalue weighted by atomic mass is 9.87. The number of amides is 1. The summed E-state index contributed by atoms with van der Waals surface area (Å²) in [5, 5.41) is 13.2. The fraction of sp³-hybridized carbons (Fsp3) is 0.316. The predicted octanol–water partition coefficient (Wildman–Crippen LogP) is 2.07. The summed E-state index contributed by atoms with van der Waals surface area (Å²) in [6.07, 6.45) is 0.361. The number of halogens is 3. The van der Waals surface area contributed by atoms with Crippen LogP contribution in [0.4, 0.5) is 13.2 Å². The van der Waals surface area contributed by atoms with Crippen LogP contribution < -0.4 is 5.32 Å². The molecule has 1 saturated heterocycles. The van der Waals surface area contributed by atoms with Crippen molar-refractivity contribution in [3.8, 4) is 0 Å². The number of aliphatic hydroxyl groups excluding tert-OH is 1. The van der Waals surface area contributed by atoms with Gasteiger partial charge in [0.1, 0.15) is 23.0 Å². The zero-order valence-corrected chi connectivity index (χ0v) is 15.3. The van der Waals surface area contributed by atoms with Crippen LogP contribution in [0.2, 0.25) is 0 Å². The Morgan fingerprint density at radius 2 is 2.10 bits per heavy atom. The molecule has 3 aromatic rings. The molecule has 2 N–H and O–H groups in total. The van der Waals surface area contributed by atoms with E-state index in [2.05, 4.69) is 15.3 Å². The van der Waals surface area contributed by atoms with E-state index in [-0.39, 0.29) is 24.3 Å². The van der Waals surface area contributed by atoms with Crippen molar-refractivity contribution in [2.45, 2.75) is 24.7 Å². The predicted molar refractivity (Wildman–Crippen MR) is 95.1 cm³/mol. The first-order valence-corrected chi connectivity index (χ1v) is 8.76. The van der Waals surface area contributed by atoms with E-state index in [1.165, 1.54) is 6.07 Å². The van der Waals surface area contributed by atoms with Gasteiger partial charge < -0.3 is 19.6 Å². The number of aliphatic hydroxyl groups is 1. The molecule has 0 aliphatic carbocycles. The quantitative estimate of drug-likeness (QED) is 0.695. The minimum Gasteiger partial charge on any atom is -0.388 e. The van der Waals surface area contributed by atoms with Gasteiger partial charge in [0, 0.05) is 30.4 Å². The highest BCUT2D eigenvalue weighted by Gasteiger charge is 2.47. The molecular weight excluding hydrogens is 389 g/mol. The molecule has 1 aliphatic rings. The lowest BCUT2D eigenvalue weighted by Crippen LogP contribution is -2.53. The summed E-state index contributed by atoms with van der Waals surface area (Å²) in [4.78, 5) is 20.7. The van der Waals surface area contributed by atoms with Crippen molar-refractivity contribution in [1.82, 2.24) is 19.7 Å². The molecule has 2 atom stereocenters. The van der Waals surface area contributed by atoms with E-state index in [1.54, 1.807) is 22.9 Å². The second-order valence-corrected chi connectivity index (χ2v) is 6.98. The lowest BCUT2D eigenvalue weighted by molar-refractivity contribution is -0.141.